The van der Waals surface area contributed by atoms with Gasteiger partial charge in [-0.25, -0.2) is 0 Å². The standard InChI is InChI=1S/C13H26O2/c1-5-8-11-13(9-6-2,10-7-3)15-12(4)14/h5-11H2,1-4H3. The van der Waals surface area contributed by atoms with Crippen molar-refractivity contribution in [1.29, 1.82) is 0 Å². The van der Waals surface area contributed by atoms with Crippen molar-refractivity contribution in [3.05, 3.63) is 0 Å². The molecule has 0 fully saturated rings. The topological polar surface area (TPSA) is 26.3 Å². The molecule has 0 aromatic rings. The average Bonchev–Trinajstić information content (AvgIpc) is 2.14. The SMILES string of the molecule is CCCCC(CCC)(CCC)OC(C)=O. The summed E-state index contributed by atoms with van der Waals surface area (Å²) in [5.74, 6) is -0.131. The summed E-state index contributed by atoms with van der Waals surface area (Å²) in [5.41, 5.74) is -0.175. The summed E-state index contributed by atoms with van der Waals surface area (Å²) in [6.45, 7) is 8.00. The summed E-state index contributed by atoms with van der Waals surface area (Å²) >= 11 is 0. The summed E-state index contributed by atoms with van der Waals surface area (Å²) in [4.78, 5) is 11.1. The van der Waals surface area contributed by atoms with Gasteiger partial charge in [0.05, 0.1) is 0 Å². The molecule has 0 amide bonds. The minimum Gasteiger partial charge on any atom is -0.459 e. The van der Waals surface area contributed by atoms with Gasteiger partial charge in [-0.1, -0.05) is 40.0 Å². The van der Waals surface area contributed by atoms with Crippen LogP contribution in [0.15, 0.2) is 0 Å². The van der Waals surface area contributed by atoms with Crippen LogP contribution in [0.4, 0.5) is 0 Å². The van der Waals surface area contributed by atoms with Crippen molar-refractivity contribution in [1.82, 2.24) is 0 Å². The third kappa shape index (κ3) is 5.81. The number of hydrogen-bond donors (Lipinski definition) is 0. The second kappa shape index (κ2) is 7.72. The predicted octanol–water partition coefficient (Wildman–Crippen LogP) is 4.08. The molecule has 0 saturated heterocycles. The molecule has 90 valence electrons. The summed E-state index contributed by atoms with van der Waals surface area (Å²) in [6.07, 6.45) is 7.49. The number of carbonyl (C=O) groups excluding carboxylic acids is 1. The van der Waals surface area contributed by atoms with Crippen LogP contribution in [-0.4, -0.2) is 11.6 Å². The highest BCUT2D eigenvalue weighted by molar-refractivity contribution is 5.66. The maximum Gasteiger partial charge on any atom is 0.303 e. The second-order valence-corrected chi connectivity index (χ2v) is 4.38. The summed E-state index contributed by atoms with van der Waals surface area (Å²) in [6, 6.07) is 0. The van der Waals surface area contributed by atoms with Gasteiger partial charge in [-0.15, -0.1) is 0 Å². The van der Waals surface area contributed by atoms with Crippen LogP contribution >= 0.6 is 0 Å². The molecule has 0 rings (SSSR count). The van der Waals surface area contributed by atoms with E-state index in [0.717, 1.165) is 44.9 Å². The minimum absolute atomic E-state index is 0.131. The van der Waals surface area contributed by atoms with Crippen LogP contribution in [-0.2, 0) is 9.53 Å². The zero-order valence-electron chi connectivity index (χ0n) is 10.8. The van der Waals surface area contributed by atoms with Gasteiger partial charge in [-0.3, -0.25) is 4.79 Å². The molecule has 0 aliphatic heterocycles. The number of unbranched alkanes of at least 4 members (excludes halogenated alkanes) is 1. The van der Waals surface area contributed by atoms with Crippen LogP contribution in [0.3, 0.4) is 0 Å². The van der Waals surface area contributed by atoms with E-state index >= 15 is 0 Å². The molecule has 0 bridgehead atoms. The van der Waals surface area contributed by atoms with E-state index in [9.17, 15) is 4.79 Å². The Morgan fingerprint density at radius 1 is 1.00 bits per heavy atom. The Hall–Kier alpha value is -0.530. The van der Waals surface area contributed by atoms with Gasteiger partial charge in [0.1, 0.15) is 5.60 Å². The van der Waals surface area contributed by atoms with E-state index in [4.69, 9.17) is 4.74 Å². The Kier molecular flexibility index (Phi) is 7.45. The fourth-order valence-electron chi connectivity index (χ4n) is 2.24. The van der Waals surface area contributed by atoms with Gasteiger partial charge >= 0.3 is 5.97 Å². The summed E-state index contributed by atoms with van der Waals surface area (Å²) in [5, 5.41) is 0. The largest absolute Gasteiger partial charge is 0.459 e. The van der Waals surface area contributed by atoms with Crippen molar-refractivity contribution < 1.29 is 9.53 Å². The Morgan fingerprint density at radius 3 is 1.87 bits per heavy atom. The Labute approximate surface area is 94.4 Å². The van der Waals surface area contributed by atoms with E-state index in [0.29, 0.717) is 0 Å². The molecule has 2 heteroatoms. The lowest BCUT2D eigenvalue weighted by molar-refractivity contribution is -0.159. The van der Waals surface area contributed by atoms with E-state index in [-0.39, 0.29) is 11.6 Å². The minimum atomic E-state index is -0.175. The fourth-order valence-corrected chi connectivity index (χ4v) is 2.24. The number of rotatable bonds is 8. The predicted molar refractivity (Wildman–Crippen MR) is 63.8 cm³/mol. The zero-order valence-corrected chi connectivity index (χ0v) is 10.8. The van der Waals surface area contributed by atoms with Gasteiger partial charge in [0.25, 0.3) is 0 Å². The molecule has 0 N–H and O–H groups in total. The second-order valence-electron chi connectivity index (χ2n) is 4.38. The maximum atomic E-state index is 11.1. The van der Waals surface area contributed by atoms with Crippen LogP contribution in [0.2, 0.25) is 0 Å². The zero-order chi connectivity index (χ0) is 11.7. The molecule has 0 atom stereocenters. The quantitative estimate of drug-likeness (QED) is 0.569. The Morgan fingerprint density at radius 2 is 1.53 bits per heavy atom. The van der Waals surface area contributed by atoms with Crippen LogP contribution in [0.1, 0.15) is 72.6 Å². The lowest BCUT2D eigenvalue weighted by Gasteiger charge is -2.33. The van der Waals surface area contributed by atoms with E-state index in [1.54, 1.807) is 0 Å². The molecular formula is C13H26O2. The monoisotopic (exact) mass is 214 g/mol. The van der Waals surface area contributed by atoms with Crippen molar-refractivity contribution in [2.75, 3.05) is 0 Å². The fraction of sp³-hybridized carbons (Fsp3) is 0.923. The number of ether oxygens (including phenoxy) is 1. The molecule has 2 nitrogen and oxygen atoms in total. The summed E-state index contributed by atoms with van der Waals surface area (Å²) in [7, 11) is 0. The molecule has 0 heterocycles. The molecule has 0 aromatic carbocycles. The molecule has 0 saturated carbocycles. The third-order valence-electron chi connectivity index (χ3n) is 2.76. The molecule has 15 heavy (non-hydrogen) atoms. The highest BCUT2D eigenvalue weighted by atomic mass is 16.6. The van der Waals surface area contributed by atoms with Gasteiger partial charge in [0.15, 0.2) is 0 Å². The van der Waals surface area contributed by atoms with Crippen molar-refractivity contribution in [2.24, 2.45) is 0 Å². The smallest absolute Gasteiger partial charge is 0.303 e. The van der Waals surface area contributed by atoms with Crippen LogP contribution < -0.4 is 0 Å². The number of carbonyl (C=O) groups is 1. The maximum absolute atomic E-state index is 11.1. The first kappa shape index (κ1) is 14.5. The van der Waals surface area contributed by atoms with Crippen molar-refractivity contribution in [3.8, 4) is 0 Å². The van der Waals surface area contributed by atoms with Gasteiger partial charge < -0.3 is 4.74 Å². The Bertz CT molecular complexity index is 169. The molecular weight excluding hydrogens is 188 g/mol. The number of esters is 1. The van der Waals surface area contributed by atoms with E-state index in [1.807, 2.05) is 0 Å². The molecule has 0 aromatic heterocycles. The lowest BCUT2D eigenvalue weighted by Crippen LogP contribution is -2.34. The Balaban J connectivity index is 4.47. The van der Waals surface area contributed by atoms with Crippen LogP contribution in [0.25, 0.3) is 0 Å². The average molecular weight is 214 g/mol. The summed E-state index contributed by atoms with van der Waals surface area (Å²) < 4.78 is 5.58. The van der Waals surface area contributed by atoms with E-state index in [1.165, 1.54) is 6.92 Å². The first-order valence-electron chi connectivity index (χ1n) is 6.29. The molecule has 0 radical (unpaired) electrons. The van der Waals surface area contributed by atoms with E-state index in [2.05, 4.69) is 20.8 Å². The normalized spacial score (nSPS) is 11.5. The molecule has 0 spiro atoms. The highest BCUT2D eigenvalue weighted by Crippen LogP contribution is 2.30. The van der Waals surface area contributed by atoms with Gasteiger partial charge in [-0.05, 0) is 25.7 Å². The lowest BCUT2D eigenvalue weighted by atomic mass is 9.87. The van der Waals surface area contributed by atoms with Crippen LogP contribution in [0, 0.1) is 0 Å². The van der Waals surface area contributed by atoms with Crippen molar-refractivity contribution in [2.45, 2.75) is 78.2 Å². The van der Waals surface area contributed by atoms with Gasteiger partial charge in [-0.2, -0.15) is 0 Å². The van der Waals surface area contributed by atoms with Crippen molar-refractivity contribution in [3.63, 3.8) is 0 Å². The molecule has 0 aliphatic rings. The third-order valence-corrected chi connectivity index (χ3v) is 2.76. The first-order chi connectivity index (χ1) is 7.10. The molecule has 0 unspecified atom stereocenters. The highest BCUT2D eigenvalue weighted by Gasteiger charge is 2.30. The molecule has 0 aliphatic carbocycles. The van der Waals surface area contributed by atoms with Crippen LogP contribution in [0.5, 0.6) is 0 Å². The van der Waals surface area contributed by atoms with Gasteiger partial charge in [0, 0.05) is 6.92 Å². The van der Waals surface area contributed by atoms with Crippen molar-refractivity contribution >= 4 is 5.97 Å². The number of hydrogen-bond acceptors (Lipinski definition) is 2. The van der Waals surface area contributed by atoms with E-state index < -0.39 is 0 Å². The first-order valence-corrected chi connectivity index (χ1v) is 6.29. The van der Waals surface area contributed by atoms with Gasteiger partial charge in [0.2, 0.25) is 0 Å².